The van der Waals surface area contributed by atoms with Gasteiger partial charge in [0, 0.05) is 13.5 Å². The van der Waals surface area contributed by atoms with Crippen LogP contribution in [0.15, 0.2) is 16.8 Å². The van der Waals surface area contributed by atoms with E-state index in [1.165, 1.54) is 82.8 Å². The predicted molar refractivity (Wildman–Crippen MR) is 92.2 cm³/mol. The molecule has 0 saturated carbocycles. The molecule has 0 fully saturated rings. The van der Waals surface area contributed by atoms with Crippen molar-refractivity contribution < 1.29 is 9.90 Å². The Balaban J connectivity index is 0.000000541. The van der Waals surface area contributed by atoms with Crippen molar-refractivity contribution in [3.63, 3.8) is 0 Å². The smallest absolute Gasteiger partial charge is 0.300 e. The summed E-state index contributed by atoms with van der Waals surface area (Å²) in [6.07, 6.45) is 18.4. The Morgan fingerprint density at radius 1 is 1.00 bits per heavy atom. The zero-order chi connectivity index (χ0) is 16.0. The molecule has 22 heavy (non-hydrogen) atoms. The number of aliphatic carboxylic acids is 1. The van der Waals surface area contributed by atoms with Crippen molar-refractivity contribution in [2.45, 2.75) is 84.0 Å². The van der Waals surface area contributed by atoms with Gasteiger partial charge < -0.3 is 10.5 Å². The van der Waals surface area contributed by atoms with Crippen molar-refractivity contribution >= 4 is 11.7 Å². The third-order valence-electron chi connectivity index (χ3n) is 4.08. The summed E-state index contributed by atoms with van der Waals surface area (Å²) in [6.45, 7) is 2.14. The molecule has 1 heterocycles. The molecule has 0 unspecified atom stereocenters. The van der Waals surface area contributed by atoms with Gasteiger partial charge in [-0.15, -0.1) is 0 Å². The second-order valence-electron chi connectivity index (χ2n) is 6.19. The van der Waals surface area contributed by atoms with E-state index in [4.69, 9.17) is 9.90 Å². The third kappa shape index (κ3) is 9.59. The molecule has 0 aromatic rings. The number of allylic oxidation sites excluding steroid dienone is 2. The van der Waals surface area contributed by atoms with Gasteiger partial charge in [0.2, 0.25) is 0 Å². The molecule has 0 aromatic carbocycles. The molecule has 4 heteroatoms. The van der Waals surface area contributed by atoms with Crippen LogP contribution in [0.5, 0.6) is 0 Å². The molecular formula is C18H32N2O2. The van der Waals surface area contributed by atoms with Crippen LogP contribution >= 0.6 is 0 Å². The Bertz CT molecular complexity index is 341. The van der Waals surface area contributed by atoms with E-state index in [1.54, 1.807) is 5.57 Å². The molecule has 0 atom stereocenters. The van der Waals surface area contributed by atoms with Gasteiger partial charge in [-0.3, -0.25) is 4.79 Å². The predicted octanol–water partition coefficient (Wildman–Crippen LogP) is 4.66. The summed E-state index contributed by atoms with van der Waals surface area (Å²) in [7, 11) is 0. The van der Waals surface area contributed by atoms with Crippen LogP contribution in [-0.4, -0.2) is 23.3 Å². The van der Waals surface area contributed by atoms with Crippen LogP contribution in [0.2, 0.25) is 0 Å². The van der Waals surface area contributed by atoms with Gasteiger partial charge in [-0.25, -0.2) is 0 Å². The Labute approximate surface area is 135 Å². The molecule has 0 saturated heterocycles. The van der Waals surface area contributed by atoms with Crippen molar-refractivity contribution in [2.75, 3.05) is 6.54 Å². The van der Waals surface area contributed by atoms with Gasteiger partial charge in [-0.2, -0.15) is 5.10 Å². The van der Waals surface area contributed by atoms with Crippen LogP contribution in [0, 0.1) is 0 Å². The lowest BCUT2D eigenvalue weighted by molar-refractivity contribution is -0.134. The monoisotopic (exact) mass is 308 g/mol. The molecule has 2 N–H and O–H groups in total. The van der Waals surface area contributed by atoms with Gasteiger partial charge in [0.25, 0.3) is 5.97 Å². The second kappa shape index (κ2) is 12.2. The van der Waals surface area contributed by atoms with E-state index in [9.17, 15) is 0 Å². The van der Waals surface area contributed by atoms with E-state index < -0.39 is 5.97 Å². The quantitative estimate of drug-likeness (QED) is 0.740. The lowest BCUT2D eigenvalue weighted by Crippen LogP contribution is -2.12. The maximum atomic E-state index is 9.00. The minimum Gasteiger partial charge on any atom is -0.481 e. The zero-order valence-electron chi connectivity index (χ0n) is 14.1. The lowest BCUT2D eigenvalue weighted by atomic mass is 9.98. The molecule has 1 aliphatic heterocycles. The Kier molecular flexibility index (Phi) is 10.4. The summed E-state index contributed by atoms with van der Waals surface area (Å²) in [5.74, 6) is -0.833. The maximum absolute atomic E-state index is 9.00. The number of hydrazone groups is 1. The number of carboxylic acids is 1. The first-order valence-electron chi connectivity index (χ1n) is 8.88. The number of carboxylic acid groups (broad SMARTS) is 1. The van der Waals surface area contributed by atoms with Crippen LogP contribution in [0.1, 0.15) is 84.0 Å². The van der Waals surface area contributed by atoms with Gasteiger partial charge in [0.1, 0.15) is 0 Å². The van der Waals surface area contributed by atoms with Crippen LogP contribution in [0.4, 0.5) is 0 Å². The van der Waals surface area contributed by atoms with Crippen LogP contribution in [-0.2, 0) is 4.79 Å². The first-order chi connectivity index (χ1) is 10.7. The van der Waals surface area contributed by atoms with E-state index >= 15 is 0 Å². The van der Waals surface area contributed by atoms with E-state index in [2.05, 4.69) is 16.6 Å². The fraction of sp³-hybridized carbons (Fsp3) is 0.778. The molecule has 2 rings (SSSR count). The van der Waals surface area contributed by atoms with Gasteiger partial charge in [-0.1, -0.05) is 38.2 Å². The second-order valence-corrected chi connectivity index (χ2v) is 6.19. The van der Waals surface area contributed by atoms with Gasteiger partial charge >= 0.3 is 0 Å². The van der Waals surface area contributed by atoms with Crippen LogP contribution in [0.3, 0.4) is 0 Å². The molecule has 0 spiro atoms. The van der Waals surface area contributed by atoms with E-state index in [0.717, 1.165) is 13.5 Å². The van der Waals surface area contributed by atoms with Crippen molar-refractivity contribution in [3.8, 4) is 0 Å². The largest absolute Gasteiger partial charge is 0.481 e. The molecule has 2 aliphatic rings. The fourth-order valence-corrected chi connectivity index (χ4v) is 2.92. The average molecular weight is 308 g/mol. The molecule has 0 radical (unpaired) electrons. The highest BCUT2D eigenvalue weighted by Gasteiger charge is 2.10. The van der Waals surface area contributed by atoms with E-state index in [0.29, 0.717) is 0 Å². The van der Waals surface area contributed by atoms with Crippen LogP contribution in [0.25, 0.3) is 0 Å². The Morgan fingerprint density at radius 2 is 1.59 bits per heavy atom. The van der Waals surface area contributed by atoms with E-state index in [1.807, 2.05) is 0 Å². The SMILES string of the molecule is C1=C(C2=NNCCCCCC2)CCCCCCC1.CC(=O)O. The van der Waals surface area contributed by atoms with Crippen molar-refractivity contribution in [1.29, 1.82) is 0 Å². The minimum atomic E-state index is -0.833. The summed E-state index contributed by atoms with van der Waals surface area (Å²) in [5, 5.41) is 12.1. The fourth-order valence-electron chi connectivity index (χ4n) is 2.92. The number of hydrogen-bond donors (Lipinski definition) is 2. The Morgan fingerprint density at radius 3 is 2.36 bits per heavy atom. The number of hydrogen-bond acceptors (Lipinski definition) is 3. The first-order valence-corrected chi connectivity index (χ1v) is 8.88. The summed E-state index contributed by atoms with van der Waals surface area (Å²) in [6, 6.07) is 0. The first kappa shape index (κ1) is 18.7. The van der Waals surface area contributed by atoms with Crippen molar-refractivity contribution in [3.05, 3.63) is 11.6 Å². The standard InChI is InChI=1S/C16H28N2.C2H4O2/c1-2-4-8-12-15(11-7-3-1)16-13-9-5-6-10-14-17-18-16;1-2(3)4/h11,17H,1-10,12-14H2;1H3,(H,3,4). The molecule has 0 bridgehead atoms. The van der Waals surface area contributed by atoms with Gasteiger partial charge in [0.15, 0.2) is 0 Å². The molecule has 4 nitrogen and oxygen atoms in total. The maximum Gasteiger partial charge on any atom is 0.300 e. The van der Waals surface area contributed by atoms with Crippen molar-refractivity contribution in [1.82, 2.24) is 5.43 Å². The molecule has 1 aliphatic carbocycles. The van der Waals surface area contributed by atoms with Crippen molar-refractivity contribution in [2.24, 2.45) is 5.10 Å². The minimum absolute atomic E-state index is 0.833. The normalized spacial score (nSPS) is 20.8. The topological polar surface area (TPSA) is 61.7 Å². The number of carbonyl (C=O) groups is 1. The summed E-state index contributed by atoms with van der Waals surface area (Å²) in [5.41, 5.74) is 6.18. The number of nitrogens with zero attached hydrogens (tertiary/aromatic N) is 1. The molecular weight excluding hydrogens is 276 g/mol. The highest BCUT2D eigenvalue weighted by molar-refractivity contribution is 5.99. The summed E-state index contributed by atoms with van der Waals surface area (Å²) in [4.78, 5) is 9.00. The van der Waals surface area contributed by atoms with Gasteiger partial charge in [-0.05, 0) is 50.5 Å². The summed E-state index contributed by atoms with van der Waals surface area (Å²) >= 11 is 0. The highest BCUT2D eigenvalue weighted by atomic mass is 16.4. The highest BCUT2D eigenvalue weighted by Crippen LogP contribution is 2.20. The number of rotatable bonds is 1. The lowest BCUT2D eigenvalue weighted by Gasteiger charge is -2.10. The van der Waals surface area contributed by atoms with Crippen LogP contribution < -0.4 is 5.43 Å². The molecule has 0 aromatic heterocycles. The Hall–Kier alpha value is -1.32. The summed E-state index contributed by atoms with van der Waals surface area (Å²) < 4.78 is 0. The average Bonchev–Trinajstić information content (AvgIpc) is 2.69. The molecule has 0 amide bonds. The van der Waals surface area contributed by atoms with E-state index in [-0.39, 0.29) is 0 Å². The molecule has 126 valence electrons. The third-order valence-corrected chi connectivity index (χ3v) is 4.08. The zero-order valence-corrected chi connectivity index (χ0v) is 14.1. The number of nitrogens with one attached hydrogen (secondary N) is 1. The van der Waals surface area contributed by atoms with Gasteiger partial charge in [0.05, 0.1) is 5.71 Å².